The zero-order valence-electron chi connectivity index (χ0n) is 35.7. The molecule has 0 amide bonds. The molecule has 12 heteroatoms. The third-order valence-corrected chi connectivity index (χ3v) is 16.3. The van der Waals surface area contributed by atoms with Crippen molar-refractivity contribution in [2.45, 2.75) is 170 Å². The standard InChI is InChI=1S/C44H66O12/c1-24(45)52-32-33(53-25(2)46)35(54-26(3)47)37(56-34(32)36(48)50-11)55-31-16-17-41(8)29(40(31,6)7)15-18-43(10)30(41)14-13-27-28-23-39(4,5)19-21-44(28,38(49)51-12)22-20-42(27,43)9/h13,28-35,37H,14-23H2,1-12H3/t28-,29-,30+,31-,32-,33-,34-,35+,37+,41-,42+,43+,44-/m0/s1. The summed E-state index contributed by atoms with van der Waals surface area (Å²) in [5.74, 6) is -2.24. The molecule has 56 heavy (non-hydrogen) atoms. The summed E-state index contributed by atoms with van der Waals surface area (Å²) in [4.78, 5) is 63.9. The van der Waals surface area contributed by atoms with Crippen LogP contribution in [0.3, 0.4) is 0 Å². The third kappa shape index (κ3) is 6.70. The second-order valence-electron chi connectivity index (χ2n) is 20.0. The number of carbonyl (C=O) groups is 5. The minimum absolute atomic E-state index is 0.0135. The Balaban J connectivity index is 1.31. The first-order valence-electron chi connectivity index (χ1n) is 20.7. The van der Waals surface area contributed by atoms with Crippen LogP contribution in [0.15, 0.2) is 11.6 Å². The first kappa shape index (κ1) is 42.6. The molecular weight excluding hydrogens is 720 g/mol. The third-order valence-electron chi connectivity index (χ3n) is 16.3. The van der Waals surface area contributed by atoms with Crippen molar-refractivity contribution >= 4 is 29.8 Å². The maximum Gasteiger partial charge on any atom is 0.339 e. The molecule has 0 aromatic rings. The molecular formula is C44H66O12. The van der Waals surface area contributed by atoms with Crippen molar-refractivity contribution in [1.29, 1.82) is 0 Å². The Morgan fingerprint density at radius 3 is 1.91 bits per heavy atom. The number of hydrogen-bond acceptors (Lipinski definition) is 12. The molecule has 0 bridgehead atoms. The van der Waals surface area contributed by atoms with E-state index in [2.05, 4.69) is 54.5 Å². The SMILES string of the molecule is COC(=O)[C@H]1O[C@@H](O[C@H]2CC[C@]3(C)[C@H]4CC=C5[C@@H]6CC(C)(C)CC[C@]6(C(=O)OC)CC[C@@]5(C)[C@]4(C)CC[C@H]3C2(C)C)[C@H](OC(C)=O)[C@@H](OC(C)=O)[C@@H]1OC(C)=O. The van der Waals surface area contributed by atoms with Gasteiger partial charge in [-0.1, -0.05) is 60.1 Å². The molecule has 12 nitrogen and oxygen atoms in total. The highest BCUT2D eigenvalue weighted by Gasteiger charge is 2.70. The van der Waals surface area contributed by atoms with Gasteiger partial charge in [0.2, 0.25) is 0 Å². The van der Waals surface area contributed by atoms with Gasteiger partial charge in [-0.05, 0) is 109 Å². The summed E-state index contributed by atoms with van der Waals surface area (Å²) >= 11 is 0. The van der Waals surface area contributed by atoms with Crippen LogP contribution in [0.25, 0.3) is 0 Å². The van der Waals surface area contributed by atoms with Crippen LogP contribution in [0.2, 0.25) is 0 Å². The van der Waals surface area contributed by atoms with Gasteiger partial charge in [0, 0.05) is 20.8 Å². The molecule has 4 saturated carbocycles. The molecule has 1 heterocycles. The Labute approximate surface area is 332 Å². The Morgan fingerprint density at radius 2 is 1.30 bits per heavy atom. The van der Waals surface area contributed by atoms with Crippen molar-refractivity contribution in [3.8, 4) is 0 Å². The Bertz CT molecular complexity index is 1630. The minimum Gasteiger partial charge on any atom is -0.469 e. The smallest absolute Gasteiger partial charge is 0.339 e. The van der Waals surface area contributed by atoms with Crippen molar-refractivity contribution in [2.75, 3.05) is 14.2 Å². The predicted molar refractivity (Wildman–Crippen MR) is 203 cm³/mol. The van der Waals surface area contributed by atoms with E-state index in [9.17, 15) is 24.0 Å². The highest BCUT2D eigenvalue weighted by atomic mass is 16.7. The van der Waals surface area contributed by atoms with E-state index >= 15 is 0 Å². The van der Waals surface area contributed by atoms with Gasteiger partial charge in [-0.25, -0.2) is 4.79 Å². The van der Waals surface area contributed by atoms with Crippen LogP contribution >= 0.6 is 0 Å². The Hall–Kier alpha value is -2.99. The van der Waals surface area contributed by atoms with Crippen molar-refractivity contribution < 1.29 is 57.1 Å². The van der Waals surface area contributed by atoms with Crippen molar-refractivity contribution in [2.24, 2.45) is 50.2 Å². The summed E-state index contributed by atoms with van der Waals surface area (Å²) in [5.41, 5.74) is 0.701. The predicted octanol–water partition coefficient (Wildman–Crippen LogP) is 7.04. The van der Waals surface area contributed by atoms with Crippen LogP contribution in [0.5, 0.6) is 0 Å². The Morgan fingerprint density at radius 1 is 0.696 bits per heavy atom. The van der Waals surface area contributed by atoms with Crippen molar-refractivity contribution in [1.82, 2.24) is 0 Å². The highest BCUT2D eigenvalue weighted by molar-refractivity contribution is 5.79. The summed E-state index contributed by atoms with van der Waals surface area (Å²) in [6, 6.07) is 0. The molecule has 13 atom stereocenters. The van der Waals surface area contributed by atoms with Crippen molar-refractivity contribution in [3.63, 3.8) is 0 Å². The quantitative estimate of drug-likeness (QED) is 0.113. The van der Waals surface area contributed by atoms with E-state index in [0.717, 1.165) is 64.7 Å². The fourth-order valence-electron chi connectivity index (χ4n) is 13.4. The molecule has 314 valence electrons. The maximum atomic E-state index is 13.7. The first-order valence-corrected chi connectivity index (χ1v) is 20.7. The summed E-state index contributed by atoms with van der Waals surface area (Å²) in [7, 11) is 2.72. The largest absolute Gasteiger partial charge is 0.469 e. The normalized spacial score (nSPS) is 43.5. The maximum absolute atomic E-state index is 13.7. The zero-order valence-corrected chi connectivity index (χ0v) is 35.7. The number of rotatable bonds is 7. The highest BCUT2D eigenvalue weighted by Crippen LogP contribution is 2.76. The molecule has 1 saturated heterocycles. The molecule has 6 rings (SSSR count). The summed E-state index contributed by atoms with van der Waals surface area (Å²) in [6.45, 7) is 20.2. The van der Waals surface area contributed by atoms with Gasteiger partial charge >= 0.3 is 29.8 Å². The zero-order chi connectivity index (χ0) is 41.4. The molecule has 6 aliphatic rings. The van der Waals surface area contributed by atoms with Gasteiger partial charge in [0.05, 0.1) is 25.7 Å². The fraction of sp³-hybridized carbons (Fsp3) is 0.841. The molecule has 0 spiro atoms. The van der Waals surface area contributed by atoms with Gasteiger partial charge in [0.25, 0.3) is 0 Å². The number of ether oxygens (including phenoxy) is 7. The van der Waals surface area contributed by atoms with E-state index in [1.54, 1.807) is 7.11 Å². The lowest BCUT2D eigenvalue weighted by molar-refractivity contribution is -0.327. The number of carbonyl (C=O) groups excluding carboxylic acids is 5. The number of allylic oxidation sites excluding steroid dienone is 2. The molecule has 1 aliphatic heterocycles. The second-order valence-corrected chi connectivity index (χ2v) is 20.0. The van der Waals surface area contributed by atoms with E-state index in [4.69, 9.17) is 33.2 Å². The van der Waals surface area contributed by atoms with Gasteiger partial charge in [0.1, 0.15) is 0 Å². The van der Waals surface area contributed by atoms with E-state index in [-0.39, 0.29) is 45.6 Å². The van der Waals surface area contributed by atoms with Crippen LogP contribution in [0, 0.1) is 50.2 Å². The van der Waals surface area contributed by atoms with Crippen LogP contribution in [-0.2, 0) is 57.1 Å². The molecule has 0 aromatic carbocycles. The number of fused-ring (bicyclic) bond motifs is 7. The van der Waals surface area contributed by atoms with E-state index in [1.165, 1.54) is 26.5 Å². The van der Waals surface area contributed by atoms with E-state index in [1.807, 2.05) is 0 Å². The summed E-state index contributed by atoms with van der Waals surface area (Å²) in [5, 5.41) is 0. The van der Waals surface area contributed by atoms with E-state index in [0.29, 0.717) is 12.3 Å². The number of hydrogen-bond donors (Lipinski definition) is 0. The lowest BCUT2D eigenvalue weighted by Gasteiger charge is -2.71. The lowest BCUT2D eigenvalue weighted by Crippen LogP contribution is -2.67. The average molecular weight is 787 g/mol. The van der Waals surface area contributed by atoms with Gasteiger partial charge in [0.15, 0.2) is 30.7 Å². The second kappa shape index (κ2) is 14.7. The molecule has 0 N–H and O–H groups in total. The van der Waals surface area contributed by atoms with Crippen LogP contribution in [0.4, 0.5) is 0 Å². The van der Waals surface area contributed by atoms with Crippen molar-refractivity contribution in [3.05, 3.63) is 11.6 Å². The Kier molecular flexibility index (Phi) is 11.2. The number of esters is 5. The van der Waals surface area contributed by atoms with Gasteiger partial charge in [-0.15, -0.1) is 0 Å². The van der Waals surface area contributed by atoms with Gasteiger partial charge < -0.3 is 33.2 Å². The summed E-state index contributed by atoms with van der Waals surface area (Å²) < 4.78 is 40.4. The number of methoxy groups -OCH3 is 2. The molecule has 5 fully saturated rings. The van der Waals surface area contributed by atoms with Gasteiger partial charge in [-0.3, -0.25) is 19.2 Å². The van der Waals surface area contributed by atoms with E-state index < -0.39 is 65.4 Å². The average Bonchev–Trinajstić information content (AvgIpc) is 3.10. The topological polar surface area (TPSA) is 150 Å². The molecule has 0 aromatic heterocycles. The van der Waals surface area contributed by atoms with Crippen LogP contribution in [-0.4, -0.2) is 80.9 Å². The first-order chi connectivity index (χ1) is 26.0. The molecule has 0 radical (unpaired) electrons. The van der Waals surface area contributed by atoms with Gasteiger partial charge in [-0.2, -0.15) is 0 Å². The monoisotopic (exact) mass is 786 g/mol. The summed E-state index contributed by atoms with van der Waals surface area (Å²) in [6.07, 6.45) is 4.32. The molecule has 0 unspecified atom stereocenters. The van der Waals surface area contributed by atoms with Crippen LogP contribution in [0.1, 0.15) is 133 Å². The van der Waals surface area contributed by atoms with Crippen LogP contribution < -0.4 is 0 Å². The fourth-order valence-corrected chi connectivity index (χ4v) is 13.4. The molecule has 5 aliphatic carbocycles. The minimum atomic E-state index is -1.51. The lowest BCUT2D eigenvalue weighted by atomic mass is 9.33.